The van der Waals surface area contributed by atoms with Gasteiger partial charge in [-0.05, 0) is 29.8 Å². The fourth-order valence-corrected chi connectivity index (χ4v) is 4.51. The molecule has 0 N–H and O–H groups in total. The first kappa shape index (κ1) is 18.7. The van der Waals surface area contributed by atoms with Crippen LogP contribution in [0.25, 0.3) is 11.4 Å². The number of rotatable bonds is 5. The smallest absolute Gasteiger partial charge is 0.243 e. The van der Waals surface area contributed by atoms with Gasteiger partial charge >= 0.3 is 0 Å². The predicted molar refractivity (Wildman–Crippen MR) is 103 cm³/mol. The molecule has 0 unspecified atom stereocenters. The molecule has 8 nitrogen and oxygen atoms in total. The summed E-state index contributed by atoms with van der Waals surface area (Å²) in [6, 6.07) is 14.8. The van der Waals surface area contributed by atoms with E-state index in [2.05, 4.69) is 15.4 Å². The topological polar surface area (TPSA) is 90.2 Å². The number of hydrogen-bond donors (Lipinski definition) is 0. The molecule has 0 spiro atoms. The van der Waals surface area contributed by atoms with Crippen LogP contribution in [-0.4, -0.2) is 59.2 Å². The number of benzene rings is 2. The van der Waals surface area contributed by atoms with Gasteiger partial charge in [0.25, 0.3) is 0 Å². The first-order valence-electron chi connectivity index (χ1n) is 9.04. The van der Waals surface area contributed by atoms with Gasteiger partial charge in [-0.25, -0.2) is 8.42 Å². The van der Waals surface area contributed by atoms with Crippen molar-refractivity contribution in [2.75, 3.05) is 26.3 Å². The summed E-state index contributed by atoms with van der Waals surface area (Å²) >= 11 is 0. The molecule has 3 aromatic rings. The van der Waals surface area contributed by atoms with Crippen LogP contribution in [0.3, 0.4) is 0 Å². The van der Waals surface area contributed by atoms with Gasteiger partial charge in [0.2, 0.25) is 15.8 Å². The van der Waals surface area contributed by atoms with Gasteiger partial charge in [-0.1, -0.05) is 42.0 Å². The van der Waals surface area contributed by atoms with Crippen LogP contribution < -0.4 is 0 Å². The van der Waals surface area contributed by atoms with Crippen molar-refractivity contribution in [2.24, 2.45) is 0 Å². The maximum absolute atomic E-state index is 12.8. The van der Waals surface area contributed by atoms with Crippen molar-refractivity contribution in [3.05, 3.63) is 59.7 Å². The fraction of sp³-hybridized carbons (Fsp3) is 0.316. The molecule has 1 aromatic heterocycles. The molecule has 1 aliphatic rings. The number of aromatic nitrogens is 4. The zero-order chi connectivity index (χ0) is 19.6. The van der Waals surface area contributed by atoms with Crippen LogP contribution in [0.1, 0.15) is 11.1 Å². The minimum absolute atomic E-state index is 0.269. The van der Waals surface area contributed by atoms with Gasteiger partial charge in [0, 0.05) is 18.7 Å². The summed E-state index contributed by atoms with van der Waals surface area (Å²) in [4.78, 5) is 1.74. The lowest BCUT2D eigenvalue weighted by Gasteiger charge is -2.26. The van der Waals surface area contributed by atoms with Crippen LogP contribution >= 0.6 is 0 Å². The molecular formula is C19H21N5O3S. The Morgan fingerprint density at radius 2 is 1.82 bits per heavy atom. The summed E-state index contributed by atoms with van der Waals surface area (Å²) in [5.74, 6) is 0.539. The van der Waals surface area contributed by atoms with Crippen LogP contribution in [0.5, 0.6) is 0 Å². The quantitative estimate of drug-likeness (QED) is 0.649. The Morgan fingerprint density at radius 1 is 1.07 bits per heavy atom. The second-order valence-electron chi connectivity index (χ2n) is 6.67. The highest BCUT2D eigenvalue weighted by Gasteiger charge is 2.26. The number of tetrazole rings is 1. The van der Waals surface area contributed by atoms with Crippen molar-refractivity contribution in [1.29, 1.82) is 0 Å². The van der Waals surface area contributed by atoms with Gasteiger partial charge in [0.15, 0.2) is 0 Å². The van der Waals surface area contributed by atoms with E-state index in [4.69, 9.17) is 4.74 Å². The zero-order valence-electron chi connectivity index (χ0n) is 15.5. The molecule has 2 aromatic carbocycles. The number of ether oxygens (including phenoxy) is 1. The zero-order valence-corrected chi connectivity index (χ0v) is 16.3. The summed E-state index contributed by atoms with van der Waals surface area (Å²) in [5, 5.41) is 12.6. The number of sulfonamides is 1. The van der Waals surface area contributed by atoms with Gasteiger partial charge in [-0.2, -0.15) is 9.10 Å². The third-order valence-corrected chi connectivity index (χ3v) is 6.49. The first-order chi connectivity index (χ1) is 13.5. The van der Waals surface area contributed by atoms with Crippen molar-refractivity contribution in [2.45, 2.75) is 18.4 Å². The molecule has 1 aliphatic heterocycles. The molecule has 0 saturated carbocycles. The molecule has 0 radical (unpaired) electrons. The SMILES string of the molecule is Cc1ccc(-c2nnn(Cc3cccc(S(=O)(=O)N4CCOCC4)c3)n2)cc1. The normalized spacial score (nSPS) is 15.6. The highest BCUT2D eigenvalue weighted by Crippen LogP contribution is 2.19. The van der Waals surface area contributed by atoms with Crippen molar-refractivity contribution in [1.82, 2.24) is 24.5 Å². The Hall–Kier alpha value is -2.62. The number of hydrogen-bond acceptors (Lipinski definition) is 6. The Labute approximate surface area is 163 Å². The molecule has 2 heterocycles. The predicted octanol–water partition coefficient (Wildman–Crippen LogP) is 1.72. The van der Waals surface area contributed by atoms with Crippen molar-refractivity contribution < 1.29 is 13.2 Å². The molecule has 4 rings (SSSR count). The average Bonchev–Trinajstić information content (AvgIpc) is 3.18. The lowest BCUT2D eigenvalue weighted by atomic mass is 10.1. The van der Waals surface area contributed by atoms with E-state index < -0.39 is 10.0 Å². The average molecular weight is 399 g/mol. The highest BCUT2D eigenvalue weighted by atomic mass is 32.2. The van der Waals surface area contributed by atoms with E-state index >= 15 is 0 Å². The summed E-state index contributed by atoms with van der Waals surface area (Å²) in [6.07, 6.45) is 0. The monoisotopic (exact) mass is 399 g/mol. The Bertz CT molecular complexity index is 1060. The van der Waals surface area contributed by atoms with Crippen LogP contribution in [0.4, 0.5) is 0 Å². The maximum atomic E-state index is 12.8. The van der Waals surface area contributed by atoms with Gasteiger partial charge in [0.1, 0.15) is 0 Å². The third-order valence-electron chi connectivity index (χ3n) is 4.59. The van der Waals surface area contributed by atoms with E-state index in [1.165, 1.54) is 9.10 Å². The van der Waals surface area contributed by atoms with Gasteiger partial charge in [0.05, 0.1) is 24.7 Å². The van der Waals surface area contributed by atoms with Crippen LogP contribution in [0.2, 0.25) is 0 Å². The minimum atomic E-state index is -3.53. The van der Waals surface area contributed by atoms with Crippen LogP contribution in [0, 0.1) is 6.92 Å². The molecule has 0 amide bonds. The second-order valence-corrected chi connectivity index (χ2v) is 8.61. The Kier molecular flexibility index (Phi) is 5.21. The van der Waals surface area contributed by atoms with Crippen molar-refractivity contribution in [3.8, 4) is 11.4 Å². The molecule has 0 aliphatic carbocycles. The van der Waals surface area contributed by atoms with Crippen LogP contribution in [0.15, 0.2) is 53.4 Å². The lowest BCUT2D eigenvalue weighted by Crippen LogP contribution is -2.40. The van der Waals surface area contributed by atoms with Crippen LogP contribution in [-0.2, 0) is 21.3 Å². The Balaban J connectivity index is 1.53. The van der Waals surface area contributed by atoms with E-state index in [9.17, 15) is 8.42 Å². The number of nitrogens with zero attached hydrogens (tertiary/aromatic N) is 5. The standard InChI is InChI=1S/C19H21N5O3S/c1-15-5-7-17(8-6-15)19-20-22-24(21-19)14-16-3-2-4-18(13-16)28(25,26)23-9-11-27-12-10-23/h2-8,13H,9-12,14H2,1H3. The van der Waals surface area contributed by atoms with E-state index in [0.717, 1.165) is 16.7 Å². The summed E-state index contributed by atoms with van der Waals surface area (Å²) in [5.41, 5.74) is 2.84. The van der Waals surface area contributed by atoms with E-state index in [1.807, 2.05) is 37.3 Å². The second kappa shape index (κ2) is 7.78. The highest BCUT2D eigenvalue weighted by molar-refractivity contribution is 7.89. The molecule has 146 valence electrons. The Morgan fingerprint density at radius 3 is 2.57 bits per heavy atom. The van der Waals surface area contributed by atoms with Gasteiger partial charge < -0.3 is 4.74 Å². The molecule has 1 saturated heterocycles. The molecule has 0 bridgehead atoms. The summed E-state index contributed by atoms with van der Waals surface area (Å²) in [7, 11) is -3.53. The fourth-order valence-electron chi connectivity index (χ4n) is 3.03. The summed E-state index contributed by atoms with van der Waals surface area (Å²) in [6.45, 7) is 3.94. The lowest BCUT2D eigenvalue weighted by molar-refractivity contribution is 0.0730. The van der Waals surface area contributed by atoms with E-state index in [-0.39, 0.29) is 4.90 Å². The number of aryl methyl sites for hydroxylation is 1. The third kappa shape index (κ3) is 3.96. The van der Waals surface area contributed by atoms with Crippen molar-refractivity contribution >= 4 is 10.0 Å². The molecule has 9 heteroatoms. The van der Waals surface area contributed by atoms with Gasteiger partial charge in [-0.3, -0.25) is 0 Å². The maximum Gasteiger partial charge on any atom is 0.243 e. The molecule has 0 atom stereocenters. The first-order valence-corrected chi connectivity index (χ1v) is 10.5. The summed E-state index contributed by atoms with van der Waals surface area (Å²) < 4.78 is 32.4. The van der Waals surface area contributed by atoms with Crippen molar-refractivity contribution in [3.63, 3.8) is 0 Å². The molecular weight excluding hydrogens is 378 g/mol. The number of morpholine rings is 1. The van der Waals surface area contributed by atoms with Gasteiger partial charge in [-0.15, -0.1) is 10.2 Å². The molecule has 28 heavy (non-hydrogen) atoms. The van der Waals surface area contributed by atoms with E-state index in [0.29, 0.717) is 38.7 Å². The molecule has 1 fully saturated rings. The largest absolute Gasteiger partial charge is 0.379 e. The minimum Gasteiger partial charge on any atom is -0.379 e. The van der Waals surface area contributed by atoms with E-state index in [1.54, 1.807) is 18.2 Å².